The average Bonchev–Trinajstić information content (AvgIpc) is 2.93. The van der Waals surface area contributed by atoms with Gasteiger partial charge in [-0.3, -0.25) is 4.79 Å². The number of rotatable bonds is 8. The Bertz CT molecular complexity index is 599. The molecule has 0 radical (unpaired) electrons. The Balaban J connectivity index is 1.62. The quantitative estimate of drug-likeness (QED) is 0.801. The molecule has 0 atom stereocenters. The van der Waals surface area contributed by atoms with Gasteiger partial charge in [0.25, 0.3) is 0 Å². The summed E-state index contributed by atoms with van der Waals surface area (Å²) < 4.78 is 13.4. The highest BCUT2D eigenvalue weighted by molar-refractivity contribution is 7.99. The van der Waals surface area contributed by atoms with Gasteiger partial charge in [0.05, 0.1) is 36.0 Å². The van der Waals surface area contributed by atoms with E-state index in [1.165, 1.54) is 17.3 Å². The topological polar surface area (TPSA) is 64.1 Å². The van der Waals surface area contributed by atoms with Gasteiger partial charge in [-0.25, -0.2) is 0 Å². The fourth-order valence-electron chi connectivity index (χ4n) is 1.81. The van der Waals surface area contributed by atoms with Crippen LogP contribution in [0.2, 0.25) is 0 Å². The molecule has 1 amide bonds. The number of benzene rings is 1. The summed E-state index contributed by atoms with van der Waals surface area (Å²) in [6, 6.07) is 7.88. The molecular weight excluding hydrogens is 318 g/mol. The predicted octanol–water partition coefficient (Wildman–Crippen LogP) is 2.45. The highest BCUT2D eigenvalue weighted by Crippen LogP contribution is 2.14. The van der Waals surface area contributed by atoms with Crippen molar-refractivity contribution in [2.45, 2.75) is 19.1 Å². The van der Waals surface area contributed by atoms with E-state index in [0.717, 1.165) is 29.3 Å². The molecule has 22 heavy (non-hydrogen) atoms. The highest BCUT2D eigenvalue weighted by Gasteiger charge is 2.06. The van der Waals surface area contributed by atoms with E-state index in [1.54, 1.807) is 18.9 Å². The minimum atomic E-state index is 0.0550. The van der Waals surface area contributed by atoms with Crippen LogP contribution in [0.4, 0.5) is 0 Å². The number of amides is 1. The molecule has 2 rings (SSSR count). The van der Waals surface area contributed by atoms with Crippen LogP contribution in [0.3, 0.4) is 0 Å². The number of carbonyl (C=O) groups is 1. The van der Waals surface area contributed by atoms with E-state index in [-0.39, 0.29) is 5.91 Å². The Morgan fingerprint density at radius 3 is 2.73 bits per heavy atom. The lowest BCUT2D eigenvalue weighted by Crippen LogP contribution is -2.27. The fraction of sp³-hybridized carbons (Fsp3) is 0.400. The number of hydrogen-bond donors (Lipinski definition) is 1. The smallest absolute Gasteiger partial charge is 0.230 e. The van der Waals surface area contributed by atoms with Gasteiger partial charge < -0.3 is 10.1 Å². The summed E-state index contributed by atoms with van der Waals surface area (Å²) in [7, 11) is 1.65. The molecule has 1 heterocycles. The second-order valence-electron chi connectivity index (χ2n) is 4.74. The van der Waals surface area contributed by atoms with Crippen molar-refractivity contribution in [3.63, 3.8) is 0 Å². The van der Waals surface area contributed by atoms with Crippen LogP contribution in [0.15, 0.2) is 24.3 Å². The molecule has 1 aromatic carbocycles. The summed E-state index contributed by atoms with van der Waals surface area (Å²) in [6.45, 7) is 2.58. The van der Waals surface area contributed by atoms with E-state index in [1.807, 2.05) is 31.2 Å². The van der Waals surface area contributed by atoms with Gasteiger partial charge in [0.1, 0.15) is 5.75 Å². The maximum Gasteiger partial charge on any atom is 0.230 e. The largest absolute Gasteiger partial charge is 0.497 e. The number of nitrogens with zero attached hydrogens (tertiary/aromatic N) is 2. The second kappa shape index (κ2) is 8.75. The number of nitrogens with one attached hydrogen (secondary N) is 1. The number of hydrogen-bond acceptors (Lipinski definition) is 6. The highest BCUT2D eigenvalue weighted by atomic mass is 32.2. The van der Waals surface area contributed by atoms with Crippen molar-refractivity contribution in [3.8, 4) is 5.75 Å². The predicted molar refractivity (Wildman–Crippen MR) is 90.5 cm³/mol. The van der Waals surface area contributed by atoms with Crippen molar-refractivity contribution in [2.24, 2.45) is 0 Å². The first-order valence-corrected chi connectivity index (χ1v) is 8.83. The molecular formula is C15H19N3O2S2. The SMILES string of the molecule is COc1ccc(CCNC(=O)CSCc2nsnc2C)cc1. The summed E-state index contributed by atoms with van der Waals surface area (Å²) in [4.78, 5) is 11.8. The lowest BCUT2D eigenvalue weighted by atomic mass is 10.1. The van der Waals surface area contributed by atoms with Gasteiger partial charge in [-0.15, -0.1) is 11.8 Å². The van der Waals surface area contributed by atoms with Crippen LogP contribution in [0.25, 0.3) is 0 Å². The molecule has 0 aliphatic carbocycles. The van der Waals surface area contributed by atoms with Crippen LogP contribution >= 0.6 is 23.5 Å². The molecule has 0 aliphatic rings. The number of carbonyl (C=O) groups excluding carboxylic acids is 1. The number of ether oxygens (including phenoxy) is 1. The standard InChI is InChI=1S/C15H19N3O2S2/c1-11-14(18-22-17-11)9-21-10-15(19)16-8-7-12-3-5-13(20-2)6-4-12/h3-6H,7-10H2,1-2H3,(H,16,19). The van der Waals surface area contributed by atoms with E-state index in [9.17, 15) is 4.79 Å². The average molecular weight is 337 g/mol. The Hall–Kier alpha value is -1.60. The fourth-order valence-corrected chi connectivity index (χ4v) is 3.31. The third-order valence-corrected chi connectivity index (χ3v) is 4.71. The van der Waals surface area contributed by atoms with Crippen LogP contribution in [0, 0.1) is 6.92 Å². The van der Waals surface area contributed by atoms with Crippen LogP contribution in [-0.2, 0) is 17.0 Å². The molecule has 0 bridgehead atoms. The molecule has 0 saturated heterocycles. The summed E-state index contributed by atoms with van der Waals surface area (Å²) in [5, 5.41) is 2.93. The first-order valence-electron chi connectivity index (χ1n) is 6.94. The zero-order valence-electron chi connectivity index (χ0n) is 12.7. The van der Waals surface area contributed by atoms with Crippen molar-refractivity contribution in [1.29, 1.82) is 0 Å². The maximum atomic E-state index is 11.8. The lowest BCUT2D eigenvalue weighted by molar-refractivity contribution is -0.118. The number of aromatic nitrogens is 2. The second-order valence-corrected chi connectivity index (χ2v) is 6.25. The van der Waals surface area contributed by atoms with Crippen molar-refractivity contribution >= 4 is 29.4 Å². The molecule has 0 fully saturated rings. The number of methoxy groups -OCH3 is 1. The molecule has 5 nitrogen and oxygen atoms in total. The van der Waals surface area contributed by atoms with E-state index in [0.29, 0.717) is 12.3 Å². The minimum Gasteiger partial charge on any atom is -0.497 e. The molecule has 0 saturated carbocycles. The Kier molecular flexibility index (Phi) is 6.67. The molecule has 0 spiro atoms. The third kappa shape index (κ3) is 5.31. The number of aryl methyl sites for hydroxylation is 1. The van der Waals surface area contributed by atoms with Crippen molar-refractivity contribution < 1.29 is 9.53 Å². The molecule has 1 aromatic heterocycles. The van der Waals surface area contributed by atoms with Gasteiger partial charge >= 0.3 is 0 Å². The first-order chi connectivity index (χ1) is 10.7. The van der Waals surface area contributed by atoms with Crippen LogP contribution in [-0.4, -0.2) is 34.1 Å². The molecule has 7 heteroatoms. The number of thioether (sulfide) groups is 1. The summed E-state index contributed by atoms with van der Waals surface area (Å²) in [6.07, 6.45) is 0.815. The van der Waals surface area contributed by atoms with E-state index >= 15 is 0 Å². The van der Waals surface area contributed by atoms with Crippen molar-refractivity contribution in [3.05, 3.63) is 41.2 Å². The maximum absolute atomic E-state index is 11.8. The van der Waals surface area contributed by atoms with Crippen molar-refractivity contribution in [1.82, 2.24) is 14.1 Å². The van der Waals surface area contributed by atoms with E-state index in [4.69, 9.17) is 4.74 Å². The lowest BCUT2D eigenvalue weighted by Gasteiger charge is -2.06. The minimum absolute atomic E-state index is 0.0550. The Morgan fingerprint density at radius 1 is 1.32 bits per heavy atom. The van der Waals surface area contributed by atoms with Gasteiger partial charge in [0, 0.05) is 12.3 Å². The van der Waals surface area contributed by atoms with Gasteiger partial charge in [-0.05, 0) is 31.0 Å². The van der Waals surface area contributed by atoms with E-state index in [2.05, 4.69) is 14.1 Å². The van der Waals surface area contributed by atoms with E-state index < -0.39 is 0 Å². The molecule has 118 valence electrons. The van der Waals surface area contributed by atoms with Crippen LogP contribution in [0.1, 0.15) is 17.0 Å². The van der Waals surface area contributed by atoms with Crippen molar-refractivity contribution in [2.75, 3.05) is 19.4 Å². The third-order valence-electron chi connectivity index (χ3n) is 3.11. The molecule has 0 unspecified atom stereocenters. The Morgan fingerprint density at radius 2 is 2.09 bits per heavy atom. The van der Waals surface area contributed by atoms with Gasteiger partial charge in [-0.1, -0.05) is 12.1 Å². The normalized spacial score (nSPS) is 10.5. The summed E-state index contributed by atoms with van der Waals surface area (Å²) >= 11 is 2.78. The molecule has 2 aromatic rings. The molecule has 0 aliphatic heterocycles. The zero-order chi connectivity index (χ0) is 15.8. The first kappa shape index (κ1) is 16.8. The summed E-state index contributed by atoms with van der Waals surface area (Å²) in [5.41, 5.74) is 3.11. The van der Waals surface area contributed by atoms with Crippen LogP contribution in [0.5, 0.6) is 5.75 Å². The monoisotopic (exact) mass is 337 g/mol. The Labute approximate surface area is 138 Å². The van der Waals surface area contributed by atoms with Gasteiger partial charge in [0.15, 0.2) is 0 Å². The summed E-state index contributed by atoms with van der Waals surface area (Å²) in [5.74, 6) is 2.07. The van der Waals surface area contributed by atoms with Gasteiger partial charge in [-0.2, -0.15) is 8.75 Å². The van der Waals surface area contributed by atoms with Crippen LogP contribution < -0.4 is 10.1 Å². The molecule has 1 N–H and O–H groups in total. The zero-order valence-corrected chi connectivity index (χ0v) is 14.3. The van der Waals surface area contributed by atoms with Gasteiger partial charge in [0.2, 0.25) is 5.91 Å².